The SMILES string of the molecule is CN(C)C(=O)N1CCN(c2ccc(N)cc2)CCN(c2ccc(N)cc2)CC1. The van der Waals surface area contributed by atoms with Crippen LogP contribution in [0.1, 0.15) is 0 Å². The molecule has 1 aliphatic heterocycles. The first-order chi connectivity index (χ1) is 13.4. The highest BCUT2D eigenvalue weighted by Crippen LogP contribution is 2.20. The number of amides is 2. The molecule has 0 radical (unpaired) electrons. The van der Waals surface area contributed by atoms with Crippen molar-refractivity contribution in [3.63, 3.8) is 0 Å². The summed E-state index contributed by atoms with van der Waals surface area (Å²) in [5.74, 6) is 0. The molecule has 1 fully saturated rings. The van der Waals surface area contributed by atoms with Gasteiger partial charge in [-0.25, -0.2) is 4.79 Å². The normalized spacial score (nSPS) is 15.6. The summed E-state index contributed by atoms with van der Waals surface area (Å²) in [5, 5.41) is 0. The lowest BCUT2D eigenvalue weighted by Gasteiger charge is -2.29. The quantitative estimate of drug-likeness (QED) is 0.778. The molecule has 0 atom stereocenters. The van der Waals surface area contributed by atoms with Gasteiger partial charge in [-0.2, -0.15) is 0 Å². The predicted octanol–water partition coefficient (Wildman–Crippen LogP) is 2.16. The van der Waals surface area contributed by atoms with E-state index in [1.807, 2.05) is 53.4 Å². The van der Waals surface area contributed by atoms with E-state index >= 15 is 0 Å². The molecule has 1 saturated heterocycles. The second kappa shape index (κ2) is 8.73. The van der Waals surface area contributed by atoms with Crippen LogP contribution in [0, 0.1) is 0 Å². The summed E-state index contributed by atoms with van der Waals surface area (Å²) in [6.07, 6.45) is 0. The molecule has 7 nitrogen and oxygen atoms in total. The molecule has 150 valence electrons. The van der Waals surface area contributed by atoms with Crippen LogP contribution in [0.5, 0.6) is 0 Å². The van der Waals surface area contributed by atoms with Gasteiger partial charge in [-0.1, -0.05) is 0 Å². The van der Waals surface area contributed by atoms with E-state index in [-0.39, 0.29) is 6.03 Å². The number of hydrogen-bond acceptors (Lipinski definition) is 5. The van der Waals surface area contributed by atoms with E-state index in [4.69, 9.17) is 11.5 Å². The number of hydrogen-bond donors (Lipinski definition) is 2. The standard InChI is InChI=1S/C21H30N6O/c1-24(2)21(28)27-15-13-25(19-7-3-17(22)4-8-19)11-12-26(14-16-27)20-9-5-18(23)6-10-20/h3-10H,11-16,22-23H2,1-2H3. The predicted molar refractivity (Wildman–Crippen MR) is 117 cm³/mol. The molecule has 0 aromatic heterocycles. The van der Waals surface area contributed by atoms with Gasteiger partial charge in [0.2, 0.25) is 0 Å². The molecular formula is C21H30N6O. The average molecular weight is 383 g/mol. The molecule has 2 aromatic carbocycles. The molecule has 0 aliphatic carbocycles. The van der Waals surface area contributed by atoms with Gasteiger partial charge in [0.05, 0.1) is 0 Å². The van der Waals surface area contributed by atoms with Crippen LogP contribution in [0.3, 0.4) is 0 Å². The minimum atomic E-state index is 0.0383. The fourth-order valence-corrected chi connectivity index (χ4v) is 3.42. The van der Waals surface area contributed by atoms with Crippen LogP contribution < -0.4 is 21.3 Å². The Bertz CT molecular complexity index is 717. The first-order valence-corrected chi connectivity index (χ1v) is 9.61. The fourth-order valence-electron chi connectivity index (χ4n) is 3.42. The van der Waals surface area contributed by atoms with Crippen LogP contribution >= 0.6 is 0 Å². The summed E-state index contributed by atoms with van der Waals surface area (Å²) >= 11 is 0. The lowest BCUT2D eigenvalue weighted by molar-refractivity contribution is 0.174. The number of carbonyl (C=O) groups excluding carboxylic acids is 1. The number of rotatable bonds is 2. The molecule has 0 spiro atoms. The molecular weight excluding hydrogens is 352 g/mol. The van der Waals surface area contributed by atoms with Crippen molar-refractivity contribution >= 4 is 28.8 Å². The summed E-state index contributed by atoms with van der Waals surface area (Å²) in [7, 11) is 3.59. The zero-order valence-electron chi connectivity index (χ0n) is 16.7. The number of urea groups is 1. The number of nitrogens with zero attached hydrogens (tertiary/aromatic N) is 4. The maximum Gasteiger partial charge on any atom is 0.319 e. The van der Waals surface area contributed by atoms with E-state index in [1.165, 1.54) is 0 Å². The van der Waals surface area contributed by atoms with Gasteiger partial charge in [-0.3, -0.25) is 0 Å². The second-order valence-electron chi connectivity index (χ2n) is 7.32. The number of benzene rings is 2. The van der Waals surface area contributed by atoms with Crippen LogP contribution in [0.4, 0.5) is 27.5 Å². The largest absolute Gasteiger partial charge is 0.399 e. The van der Waals surface area contributed by atoms with Gasteiger partial charge < -0.3 is 31.1 Å². The Morgan fingerprint density at radius 3 is 1.43 bits per heavy atom. The highest BCUT2D eigenvalue weighted by molar-refractivity contribution is 5.74. The first kappa shape index (κ1) is 19.7. The summed E-state index contributed by atoms with van der Waals surface area (Å²) in [6, 6.07) is 15.9. The maximum absolute atomic E-state index is 12.6. The monoisotopic (exact) mass is 382 g/mol. The van der Waals surface area contributed by atoms with E-state index in [0.717, 1.165) is 48.9 Å². The number of nitrogen functional groups attached to an aromatic ring is 2. The van der Waals surface area contributed by atoms with E-state index in [2.05, 4.69) is 9.80 Å². The zero-order chi connectivity index (χ0) is 20.1. The van der Waals surface area contributed by atoms with Gasteiger partial charge in [0.15, 0.2) is 0 Å². The van der Waals surface area contributed by atoms with E-state index in [0.29, 0.717) is 13.1 Å². The second-order valence-corrected chi connectivity index (χ2v) is 7.32. The van der Waals surface area contributed by atoms with Gasteiger partial charge >= 0.3 is 6.03 Å². The van der Waals surface area contributed by atoms with Crippen molar-refractivity contribution in [3.05, 3.63) is 48.5 Å². The Kier molecular flexibility index (Phi) is 6.13. The average Bonchev–Trinajstić information content (AvgIpc) is 2.79. The van der Waals surface area contributed by atoms with Gasteiger partial charge in [0.25, 0.3) is 0 Å². The van der Waals surface area contributed by atoms with E-state index < -0.39 is 0 Å². The van der Waals surface area contributed by atoms with Crippen molar-refractivity contribution < 1.29 is 4.79 Å². The van der Waals surface area contributed by atoms with Crippen molar-refractivity contribution in [2.75, 3.05) is 74.6 Å². The van der Waals surface area contributed by atoms with Crippen molar-refractivity contribution in [2.45, 2.75) is 0 Å². The van der Waals surface area contributed by atoms with Crippen LogP contribution in [0.15, 0.2) is 48.5 Å². The zero-order valence-corrected chi connectivity index (χ0v) is 16.7. The van der Waals surface area contributed by atoms with Crippen molar-refractivity contribution in [1.82, 2.24) is 9.80 Å². The number of anilines is 4. The molecule has 1 aliphatic rings. The molecule has 3 rings (SSSR count). The van der Waals surface area contributed by atoms with Gasteiger partial charge in [-0.05, 0) is 48.5 Å². The molecule has 0 saturated carbocycles. The van der Waals surface area contributed by atoms with Crippen LogP contribution in [-0.4, -0.2) is 69.2 Å². The van der Waals surface area contributed by atoms with Gasteiger partial charge in [0, 0.05) is 76.1 Å². The molecule has 7 heteroatoms. The topological polar surface area (TPSA) is 82.1 Å². The maximum atomic E-state index is 12.6. The molecule has 1 heterocycles. The van der Waals surface area contributed by atoms with Gasteiger partial charge in [0.1, 0.15) is 0 Å². The Morgan fingerprint density at radius 1 is 0.714 bits per heavy atom. The van der Waals surface area contributed by atoms with Crippen molar-refractivity contribution in [1.29, 1.82) is 0 Å². The lowest BCUT2D eigenvalue weighted by Crippen LogP contribution is -2.45. The van der Waals surface area contributed by atoms with Crippen molar-refractivity contribution in [2.24, 2.45) is 0 Å². The number of carbonyl (C=O) groups is 1. The Balaban J connectivity index is 1.84. The van der Waals surface area contributed by atoms with E-state index in [1.54, 1.807) is 19.0 Å². The van der Waals surface area contributed by atoms with Crippen molar-refractivity contribution in [3.8, 4) is 0 Å². The summed E-state index contributed by atoms with van der Waals surface area (Å²) in [6.45, 7) is 4.63. The summed E-state index contributed by atoms with van der Waals surface area (Å²) in [5.41, 5.74) is 15.4. The molecule has 28 heavy (non-hydrogen) atoms. The Hall–Kier alpha value is -3.09. The molecule has 0 bridgehead atoms. The van der Waals surface area contributed by atoms with Gasteiger partial charge in [-0.15, -0.1) is 0 Å². The lowest BCUT2D eigenvalue weighted by atomic mass is 10.2. The van der Waals surface area contributed by atoms with E-state index in [9.17, 15) is 4.79 Å². The highest BCUT2D eigenvalue weighted by atomic mass is 16.2. The Morgan fingerprint density at radius 2 is 1.07 bits per heavy atom. The third-order valence-corrected chi connectivity index (χ3v) is 5.09. The highest BCUT2D eigenvalue weighted by Gasteiger charge is 2.21. The number of nitrogens with two attached hydrogens (primary N) is 2. The first-order valence-electron chi connectivity index (χ1n) is 9.61. The molecule has 4 N–H and O–H groups in total. The molecule has 2 amide bonds. The minimum Gasteiger partial charge on any atom is -0.399 e. The summed E-state index contributed by atoms with van der Waals surface area (Å²) < 4.78 is 0. The fraction of sp³-hybridized carbons (Fsp3) is 0.381. The minimum absolute atomic E-state index is 0.0383. The molecule has 2 aromatic rings. The third kappa shape index (κ3) is 4.79. The Labute approximate surface area is 167 Å². The third-order valence-electron chi connectivity index (χ3n) is 5.09. The van der Waals surface area contributed by atoms with Crippen LogP contribution in [-0.2, 0) is 0 Å². The summed E-state index contributed by atoms with van der Waals surface area (Å²) in [4.78, 5) is 20.8. The molecule has 0 unspecified atom stereocenters. The van der Waals surface area contributed by atoms with Crippen LogP contribution in [0.2, 0.25) is 0 Å². The smallest absolute Gasteiger partial charge is 0.319 e. The van der Waals surface area contributed by atoms with Crippen LogP contribution in [0.25, 0.3) is 0 Å².